The molecule has 0 spiro atoms. The number of hydrogen-bond donors (Lipinski definition) is 2. The summed E-state index contributed by atoms with van der Waals surface area (Å²) in [5, 5.41) is 14.2. The lowest BCUT2D eigenvalue weighted by Gasteiger charge is -2.14. The Morgan fingerprint density at radius 1 is 1.17 bits per heavy atom. The van der Waals surface area contributed by atoms with Crippen molar-refractivity contribution in [3.05, 3.63) is 64.4 Å². The van der Waals surface area contributed by atoms with Crippen molar-refractivity contribution in [1.82, 2.24) is 25.4 Å². The van der Waals surface area contributed by atoms with Gasteiger partial charge in [-0.15, -0.1) is 35.3 Å². The maximum Gasteiger partial charge on any atom is 0.191 e. The summed E-state index contributed by atoms with van der Waals surface area (Å²) in [4.78, 5) is 9.01. The standard InChI is InChI=1S/C21H28N6S.HI/c1-21(2,3)18-15-28-19(26-18)14-24-20(22-4)23-12-10-16-6-8-17(9-7-16)27-13-5-11-25-27;/h5-9,11,13,15H,10,12,14H2,1-4H3,(H2,22,23,24);1H. The van der Waals surface area contributed by atoms with Crippen LogP contribution >= 0.6 is 35.3 Å². The van der Waals surface area contributed by atoms with E-state index >= 15 is 0 Å². The molecule has 1 aromatic carbocycles. The highest BCUT2D eigenvalue weighted by molar-refractivity contribution is 14.0. The molecule has 0 aliphatic rings. The molecule has 156 valence electrons. The number of nitrogens with zero attached hydrogens (tertiary/aromatic N) is 4. The Morgan fingerprint density at radius 2 is 1.93 bits per heavy atom. The van der Waals surface area contributed by atoms with Gasteiger partial charge in [-0.2, -0.15) is 5.10 Å². The van der Waals surface area contributed by atoms with Gasteiger partial charge in [0.2, 0.25) is 0 Å². The van der Waals surface area contributed by atoms with Gasteiger partial charge in [0.25, 0.3) is 0 Å². The number of aliphatic imine (C=N–C) groups is 1. The van der Waals surface area contributed by atoms with E-state index in [2.05, 4.69) is 71.1 Å². The molecule has 0 aliphatic carbocycles. The van der Waals surface area contributed by atoms with Crippen LogP contribution in [0.25, 0.3) is 5.69 Å². The lowest BCUT2D eigenvalue weighted by Crippen LogP contribution is -2.37. The fraction of sp³-hybridized carbons (Fsp3) is 0.381. The molecule has 0 radical (unpaired) electrons. The summed E-state index contributed by atoms with van der Waals surface area (Å²) in [6.45, 7) is 8.04. The molecule has 6 nitrogen and oxygen atoms in total. The van der Waals surface area contributed by atoms with Gasteiger partial charge in [0.05, 0.1) is 17.9 Å². The zero-order valence-corrected chi connectivity index (χ0v) is 20.5. The molecule has 0 amide bonds. The number of thiazole rings is 1. The number of rotatable bonds is 6. The predicted octanol–water partition coefficient (Wildman–Crippen LogP) is 4.15. The third-order valence-corrected chi connectivity index (χ3v) is 5.21. The van der Waals surface area contributed by atoms with Crippen molar-refractivity contribution in [2.75, 3.05) is 13.6 Å². The Balaban J connectivity index is 0.00000300. The van der Waals surface area contributed by atoms with Crippen molar-refractivity contribution in [3.63, 3.8) is 0 Å². The normalized spacial score (nSPS) is 11.8. The minimum atomic E-state index is 0. The molecular formula is C21H29IN6S. The zero-order chi connectivity index (χ0) is 20.0. The Morgan fingerprint density at radius 3 is 2.52 bits per heavy atom. The highest BCUT2D eigenvalue weighted by Crippen LogP contribution is 2.23. The maximum absolute atomic E-state index is 4.71. The fourth-order valence-corrected chi connectivity index (χ4v) is 3.64. The van der Waals surface area contributed by atoms with Gasteiger partial charge in [0, 0.05) is 36.8 Å². The summed E-state index contributed by atoms with van der Waals surface area (Å²) in [5.41, 5.74) is 3.56. The van der Waals surface area contributed by atoms with Crippen molar-refractivity contribution in [3.8, 4) is 5.69 Å². The average Bonchev–Trinajstić information content (AvgIpc) is 3.36. The highest BCUT2D eigenvalue weighted by atomic mass is 127. The molecule has 2 N–H and O–H groups in total. The Labute approximate surface area is 193 Å². The third-order valence-electron chi connectivity index (χ3n) is 4.36. The summed E-state index contributed by atoms with van der Waals surface area (Å²) in [6, 6.07) is 10.4. The van der Waals surface area contributed by atoms with E-state index in [9.17, 15) is 0 Å². The largest absolute Gasteiger partial charge is 0.356 e. The third kappa shape index (κ3) is 6.81. The van der Waals surface area contributed by atoms with E-state index in [-0.39, 0.29) is 29.4 Å². The van der Waals surface area contributed by atoms with E-state index in [0.29, 0.717) is 6.54 Å². The number of halogens is 1. The summed E-state index contributed by atoms with van der Waals surface area (Å²) < 4.78 is 1.86. The van der Waals surface area contributed by atoms with E-state index in [0.717, 1.165) is 35.3 Å². The van der Waals surface area contributed by atoms with E-state index in [1.165, 1.54) is 5.56 Å². The summed E-state index contributed by atoms with van der Waals surface area (Å²) >= 11 is 1.69. The number of aromatic nitrogens is 3. The number of guanidine groups is 1. The van der Waals surface area contributed by atoms with Crippen molar-refractivity contribution < 1.29 is 0 Å². The lowest BCUT2D eigenvalue weighted by atomic mass is 9.93. The Bertz CT molecular complexity index is 894. The fourth-order valence-electron chi connectivity index (χ4n) is 2.68. The molecule has 0 saturated carbocycles. The average molecular weight is 524 g/mol. The first-order valence-corrected chi connectivity index (χ1v) is 10.3. The SMILES string of the molecule is CN=C(NCCc1ccc(-n2cccn2)cc1)NCc1nc(C(C)(C)C)cs1.I. The van der Waals surface area contributed by atoms with Crippen LogP contribution in [0, 0.1) is 0 Å². The smallest absolute Gasteiger partial charge is 0.191 e. The van der Waals surface area contributed by atoms with Gasteiger partial charge >= 0.3 is 0 Å². The zero-order valence-electron chi connectivity index (χ0n) is 17.3. The quantitative estimate of drug-likeness (QED) is 0.289. The predicted molar refractivity (Wildman–Crippen MR) is 132 cm³/mol. The molecule has 0 unspecified atom stereocenters. The monoisotopic (exact) mass is 524 g/mol. The first kappa shape index (κ1) is 23.3. The van der Waals surface area contributed by atoms with Gasteiger partial charge in [-0.1, -0.05) is 32.9 Å². The van der Waals surface area contributed by atoms with Gasteiger partial charge in [-0.25, -0.2) is 9.67 Å². The molecule has 0 saturated heterocycles. The molecule has 3 rings (SSSR count). The van der Waals surface area contributed by atoms with Crippen molar-refractivity contribution in [2.24, 2.45) is 4.99 Å². The van der Waals surface area contributed by atoms with Gasteiger partial charge in [-0.3, -0.25) is 4.99 Å². The topological polar surface area (TPSA) is 67.1 Å². The molecule has 2 heterocycles. The first-order valence-electron chi connectivity index (χ1n) is 9.44. The van der Waals surface area contributed by atoms with E-state index < -0.39 is 0 Å². The molecular weight excluding hydrogens is 495 g/mol. The second-order valence-corrected chi connectivity index (χ2v) is 8.54. The van der Waals surface area contributed by atoms with Crippen LogP contribution in [0.4, 0.5) is 0 Å². The van der Waals surface area contributed by atoms with Crippen LogP contribution in [-0.4, -0.2) is 34.3 Å². The van der Waals surface area contributed by atoms with Crippen LogP contribution < -0.4 is 10.6 Å². The second kappa shape index (κ2) is 10.7. The van der Waals surface area contributed by atoms with Crippen molar-refractivity contribution in [1.29, 1.82) is 0 Å². The molecule has 0 fully saturated rings. The Kier molecular flexibility index (Phi) is 8.63. The molecule has 0 aliphatic heterocycles. The van der Waals surface area contributed by atoms with Crippen molar-refractivity contribution in [2.45, 2.75) is 39.2 Å². The maximum atomic E-state index is 4.71. The van der Waals surface area contributed by atoms with Crippen LogP contribution in [-0.2, 0) is 18.4 Å². The van der Waals surface area contributed by atoms with Gasteiger partial charge < -0.3 is 10.6 Å². The summed E-state index contributed by atoms with van der Waals surface area (Å²) in [5.74, 6) is 0.792. The second-order valence-electron chi connectivity index (χ2n) is 7.60. The van der Waals surface area contributed by atoms with Crippen LogP contribution in [0.3, 0.4) is 0 Å². The molecule has 29 heavy (non-hydrogen) atoms. The van der Waals surface area contributed by atoms with E-state index in [1.54, 1.807) is 24.6 Å². The first-order chi connectivity index (χ1) is 13.5. The molecule has 2 aromatic heterocycles. The Hall–Kier alpha value is -1.94. The van der Waals surface area contributed by atoms with E-state index in [4.69, 9.17) is 4.98 Å². The number of hydrogen-bond acceptors (Lipinski definition) is 4. The van der Waals surface area contributed by atoms with E-state index in [1.807, 2.05) is 16.9 Å². The van der Waals surface area contributed by atoms with Crippen molar-refractivity contribution >= 4 is 41.3 Å². The van der Waals surface area contributed by atoms with Crippen LogP contribution in [0.5, 0.6) is 0 Å². The van der Waals surface area contributed by atoms with Gasteiger partial charge in [-0.05, 0) is 30.2 Å². The van der Waals surface area contributed by atoms with Gasteiger partial charge in [0.15, 0.2) is 5.96 Å². The van der Waals surface area contributed by atoms with Crippen LogP contribution in [0.15, 0.2) is 53.1 Å². The van der Waals surface area contributed by atoms with Crippen LogP contribution in [0.2, 0.25) is 0 Å². The van der Waals surface area contributed by atoms with Gasteiger partial charge in [0.1, 0.15) is 5.01 Å². The number of benzene rings is 1. The highest BCUT2D eigenvalue weighted by Gasteiger charge is 2.17. The molecule has 0 bridgehead atoms. The molecule has 8 heteroatoms. The lowest BCUT2D eigenvalue weighted by molar-refractivity contribution is 0.570. The minimum Gasteiger partial charge on any atom is -0.356 e. The van der Waals surface area contributed by atoms with Crippen LogP contribution in [0.1, 0.15) is 37.0 Å². The summed E-state index contributed by atoms with van der Waals surface area (Å²) in [6.07, 6.45) is 4.65. The minimum absolute atomic E-state index is 0. The molecule has 3 aromatic rings. The summed E-state index contributed by atoms with van der Waals surface area (Å²) in [7, 11) is 1.79. The number of nitrogens with one attached hydrogen (secondary N) is 2. The molecule has 0 atom stereocenters.